The molecule has 1 aromatic carbocycles. The molecule has 0 radical (unpaired) electrons. The molecule has 0 bridgehead atoms. The van der Waals surface area contributed by atoms with Crippen LogP contribution in [0.4, 0.5) is 0 Å². The van der Waals surface area contributed by atoms with Crippen LogP contribution in [-0.2, 0) is 9.47 Å². The number of benzene rings is 1. The number of hydrogen-bond acceptors (Lipinski definition) is 3. The molecule has 0 N–H and O–H groups in total. The maximum absolute atomic E-state index is 5.32. The van der Waals surface area contributed by atoms with Gasteiger partial charge in [0.25, 0.3) is 0 Å². The van der Waals surface area contributed by atoms with Crippen molar-refractivity contribution in [1.29, 1.82) is 0 Å². The third kappa shape index (κ3) is 4.50. The summed E-state index contributed by atoms with van der Waals surface area (Å²) in [5, 5.41) is 0. The number of hydrogen-bond donors (Lipinski definition) is 0. The summed E-state index contributed by atoms with van der Waals surface area (Å²) in [4.78, 5) is 0. The van der Waals surface area contributed by atoms with E-state index in [0.717, 1.165) is 5.56 Å². The van der Waals surface area contributed by atoms with Gasteiger partial charge in [-0.1, -0.05) is 12.0 Å². The van der Waals surface area contributed by atoms with Crippen LogP contribution in [0.2, 0.25) is 0 Å². The second-order valence-corrected chi connectivity index (χ2v) is 2.84. The smallest absolute Gasteiger partial charge is 0.189 e. The number of ether oxygens (including phenoxy) is 3. The van der Waals surface area contributed by atoms with Crippen molar-refractivity contribution < 1.29 is 14.2 Å². The minimum Gasteiger partial charge on any atom is -0.468 e. The van der Waals surface area contributed by atoms with Crippen LogP contribution in [0.15, 0.2) is 24.3 Å². The van der Waals surface area contributed by atoms with Crippen LogP contribution in [0, 0.1) is 12.3 Å². The fourth-order valence-corrected chi connectivity index (χ4v) is 0.987. The van der Waals surface area contributed by atoms with Gasteiger partial charge in [0.2, 0.25) is 0 Å². The van der Waals surface area contributed by atoms with Crippen molar-refractivity contribution >= 4 is 0 Å². The van der Waals surface area contributed by atoms with Gasteiger partial charge in [0.1, 0.15) is 5.75 Å². The van der Waals surface area contributed by atoms with E-state index in [1.807, 2.05) is 18.2 Å². The van der Waals surface area contributed by atoms with Crippen LogP contribution < -0.4 is 4.74 Å². The average molecular weight is 206 g/mol. The maximum Gasteiger partial charge on any atom is 0.189 e. The molecule has 3 nitrogen and oxygen atoms in total. The normalized spacial score (nSPS) is 9.60. The molecule has 0 unspecified atom stereocenters. The van der Waals surface area contributed by atoms with Crippen molar-refractivity contribution in [3.63, 3.8) is 0 Å². The summed E-state index contributed by atoms with van der Waals surface area (Å²) >= 11 is 0. The minimum absolute atomic E-state index is 0.206. The summed E-state index contributed by atoms with van der Waals surface area (Å²) in [6.45, 7) is 1.29. The Balaban J connectivity index is 2.28. The lowest BCUT2D eigenvalue weighted by Crippen LogP contribution is -2.07. The first kappa shape index (κ1) is 11.6. The first-order chi connectivity index (χ1) is 7.36. The monoisotopic (exact) mass is 206 g/mol. The molecule has 80 valence electrons. The van der Waals surface area contributed by atoms with Gasteiger partial charge in [0.05, 0.1) is 13.2 Å². The summed E-state index contributed by atoms with van der Waals surface area (Å²) in [7, 11) is 1.63. The Morgan fingerprint density at radius 3 is 2.93 bits per heavy atom. The fraction of sp³-hybridized carbons (Fsp3) is 0.333. The Bertz CT molecular complexity index is 328. The molecule has 0 saturated carbocycles. The van der Waals surface area contributed by atoms with Crippen molar-refractivity contribution in [2.45, 2.75) is 0 Å². The van der Waals surface area contributed by atoms with Gasteiger partial charge in [-0.15, -0.1) is 6.42 Å². The maximum atomic E-state index is 5.32. The second kappa shape index (κ2) is 6.88. The first-order valence-electron chi connectivity index (χ1n) is 4.63. The van der Waals surface area contributed by atoms with Crippen LogP contribution in [0.25, 0.3) is 0 Å². The van der Waals surface area contributed by atoms with E-state index in [2.05, 4.69) is 5.92 Å². The van der Waals surface area contributed by atoms with Gasteiger partial charge in [-0.05, 0) is 18.2 Å². The summed E-state index contributed by atoms with van der Waals surface area (Å²) in [6, 6.07) is 7.32. The zero-order valence-electron chi connectivity index (χ0n) is 8.73. The SMILES string of the molecule is C#Cc1cccc(OCOCCOC)c1. The Labute approximate surface area is 90.0 Å². The number of rotatable bonds is 6. The van der Waals surface area contributed by atoms with Crippen LogP contribution in [-0.4, -0.2) is 27.1 Å². The molecule has 1 rings (SSSR count). The molecule has 0 aromatic heterocycles. The lowest BCUT2D eigenvalue weighted by atomic mass is 10.2. The Morgan fingerprint density at radius 1 is 1.33 bits per heavy atom. The summed E-state index contributed by atoms with van der Waals surface area (Å²) in [5.74, 6) is 3.25. The Hall–Kier alpha value is -1.50. The van der Waals surface area contributed by atoms with Crippen molar-refractivity contribution in [2.24, 2.45) is 0 Å². The minimum atomic E-state index is 0.206. The largest absolute Gasteiger partial charge is 0.468 e. The molecule has 0 amide bonds. The molecule has 0 spiro atoms. The molecule has 15 heavy (non-hydrogen) atoms. The predicted octanol–water partition coefficient (Wildman–Crippen LogP) is 1.67. The highest BCUT2D eigenvalue weighted by atomic mass is 16.7. The van der Waals surface area contributed by atoms with Crippen LogP contribution in [0.1, 0.15) is 5.56 Å². The molecule has 0 aliphatic heterocycles. The highest BCUT2D eigenvalue weighted by Gasteiger charge is 1.94. The van der Waals surface area contributed by atoms with Gasteiger partial charge in [-0.25, -0.2) is 0 Å². The van der Waals surface area contributed by atoms with Crippen LogP contribution >= 0.6 is 0 Å². The quantitative estimate of drug-likeness (QED) is 0.402. The van der Waals surface area contributed by atoms with E-state index in [-0.39, 0.29) is 6.79 Å². The van der Waals surface area contributed by atoms with E-state index in [9.17, 15) is 0 Å². The molecule has 0 atom stereocenters. The topological polar surface area (TPSA) is 27.7 Å². The lowest BCUT2D eigenvalue weighted by molar-refractivity contribution is -0.00847. The molecule has 1 aromatic rings. The van der Waals surface area contributed by atoms with Gasteiger partial charge in [-0.2, -0.15) is 0 Å². The molecule has 3 heteroatoms. The van der Waals surface area contributed by atoms with Crippen LogP contribution in [0.5, 0.6) is 5.75 Å². The van der Waals surface area contributed by atoms with Crippen molar-refractivity contribution in [3.05, 3.63) is 29.8 Å². The van der Waals surface area contributed by atoms with Gasteiger partial charge in [-0.3, -0.25) is 0 Å². The van der Waals surface area contributed by atoms with Gasteiger partial charge >= 0.3 is 0 Å². The van der Waals surface area contributed by atoms with E-state index in [1.165, 1.54) is 0 Å². The molecular weight excluding hydrogens is 192 g/mol. The van der Waals surface area contributed by atoms with Crippen molar-refractivity contribution in [3.8, 4) is 18.1 Å². The van der Waals surface area contributed by atoms with Crippen LogP contribution in [0.3, 0.4) is 0 Å². The molecule has 0 aliphatic carbocycles. The fourth-order valence-electron chi connectivity index (χ4n) is 0.987. The van der Waals surface area contributed by atoms with Gasteiger partial charge < -0.3 is 14.2 Å². The first-order valence-corrected chi connectivity index (χ1v) is 4.63. The lowest BCUT2D eigenvalue weighted by Gasteiger charge is -2.06. The standard InChI is InChI=1S/C12H14O3/c1-3-11-5-4-6-12(9-11)15-10-14-8-7-13-2/h1,4-6,9H,7-8,10H2,2H3. The summed E-state index contributed by atoms with van der Waals surface area (Å²) < 4.78 is 15.3. The van der Waals surface area contributed by atoms with E-state index < -0.39 is 0 Å². The Kier molecular flexibility index (Phi) is 5.31. The van der Waals surface area contributed by atoms with Crippen molar-refractivity contribution in [2.75, 3.05) is 27.1 Å². The predicted molar refractivity (Wildman–Crippen MR) is 57.7 cm³/mol. The van der Waals surface area contributed by atoms with E-state index in [4.69, 9.17) is 20.6 Å². The van der Waals surface area contributed by atoms with Crippen molar-refractivity contribution in [1.82, 2.24) is 0 Å². The number of terminal acetylenes is 1. The van der Waals surface area contributed by atoms with E-state index in [0.29, 0.717) is 19.0 Å². The third-order valence-corrected chi connectivity index (χ3v) is 1.74. The highest BCUT2D eigenvalue weighted by Crippen LogP contribution is 2.12. The van der Waals surface area contributed by atoms with Gasteiger partial charge in [0, 0.05) is 12.7 Å². The molecule has 0 heterocycles. The molecule has 0 aliphatic rings. The number of methoxy groups -OCH3 is 1. The van der Waals surface area contributed by atoms with Gasteiger partial charge in [0.15, 0.2) is 6.79 Å². The zero-order valence-corrected chi connectivity index (χ0v) is 8.73. The summed E-state index contributed by atoms with van der Waals surface area (Å²) in [5.41, 5.74) is 0.796. The highest BCUT2D eigenvalue weighted by molar-refractivity contribution is 5.38. The molecular formula is C12H14O3. The average Bonchev–Trinajstić information content (AvgIpc) is 2.29. The second-order valence-electron chi connectivity index (χ2n) is 2.84. The van der Waals surface area contributed by atoms with E-state index >= 15 is 0 Å². The van der Waals surface area contributed by atoms with E-state index in [1.54, 1.807) is 13.2 Å². The zero-order chi connectivity index (χ0) is 10.9. The Morgan fingerprint density at radius 2 is 2.20 bits per heavy atom. The molecule has 0 saturated heterocycles. The summed E-state index contributed by atoms with van der Waals surface area (Å²) in [6.07, 6.45) is 5.26. The third-order valence-electron chi connectivity index (χ3n) is 1.74. The molecule has 0 fully saturated rings.